The molecule has 12 heavy (non-hydrogen) atoms. The van der Waals surface area contributed by atoms with E-state index in [9.17, 15) is 5.11 Å². The first-order chi connectivity index (χ1) is 5.77. The Hall–Kier alpha value is -0.120. The first kappa shape index (κ1) is 8.48. The Morgan fingerprint density at radius 1 is 1.00 bits per heavy atom. The van der Waals surface area contributed by atoms with Crippen LogP contribution in [0.5, 0.6) is 0 Å². The Kier molecular flexibility index (Phi) is 2.35. The van der Waals surface area contributed by atoms with Crippen LogP contribution in [0.3, 0.4) is 0 Å². The highest BCUT2D eigenvalue weighted by atomic mass is 16.3. The molecule has 1 aliphatic heterocycles. The highest BCUT2D eigenvalue weighted by Crippen LogP contribution is 2.26. The number of hydrogen-bond acceptors (Lipinski definition) is 3. The summed E-state index contributed by atoms with van der Waals surface area (Å²) in [6, 6.07) is 0.335. The van der Waals surface area contributed by atoms with Crippen molar-refractivity contribution in [1.29, 1.82) is 0 Å². The lowest BCUT2D eigenvalue weighted by Gasteiger charge is -2.45. The van der Waals surface area contributed by atoms with E-state index in [4.69, 9.17) is 5.11 Å². The fraction of sp³-hybridized carbons (Fsp3) is 1.00. The molecule has 1 aliphatic carbocycles. The third-order valence-electron chi connectivity index (χ3n) is 3.05. The molecular formula is C9H17NO2. The number of β-amino-alcohol motifs (C(OH)–C–C–N with tert-alkyl or cyclic N) is 1. The Labute approximate surface area is 73.0 Å². The fourth-order valence-corrected chi connectivity index (χ4v) is 2.28. The zero-order chi connectivity index (χ0) is 8.55. The molecule has 0 radical (unpaired) electrons. The minimum absolute atomic E-state index is 0.140. The molecule has 0 aromatic rings. The topological polar surface area (TPSA) is 43.7 Å². The van der Waals surface area contributed by atoms with Crippen LogP contribution in [0.2, 0.25) is 0 Å². The van der Waals surface area contributed by atoms with Crippen molar-refractivity contribution in [3.63, 3.8) is 0 Å². The van der Waals surface area contributed by atoms with Gasteiger partial charge in [-0.25, -0.2) is 0 Å². The Morgan fingerprint density at radius 3 is 2.25 bits per heavy atom. The van der Waals surface area contributed by atoms with E-state index in [0.29, 0.717) is 6.04 Å². The molecule has 0 spiro atoms. The lowest BCUT2D eigenvalue weighted by molar-refractivity contribution is -0.0720. The molecule has 3 heteroatoms. The minimum atomic E-state index is -0.147. The molecule has 1 saturated heterocycles. The summed E-state index contributed by atoms with van der Waals surface area (Å²) >= 11 is 0. The zero-order valence-electron chi connectivity index (χ0n) is 7.32. The van der Waals surface area contributed by atoms with Crippen LogP contribution in [0.1, 0.15) is 25.7 Å². The molecule has 70 valence electrons. The van der Waals surface area contributed by atoms with Gasteiger partial charge in [0.1, 0.15) is 0 Å². The van der Waals surface area contributed by atoms with Crippen molar-refractivity contribution in [3.05, 3.63) is 0 Å². The fourth-order valence-electron chi connectivity index (χ4n) is 2.28. The van der Waals surface area contributed by atoms with E-state index in [2.05, 4.69) is 4.90 Å². The van der Waals surface area contributed by atoms with E-state index in [-0.39, 0.29) is 12.2 Å². The van der Waals surface area contributed by atoms with Crippen molar-refractivity contribution >= 4 is 0 Å². The van der Waals surface area contributed by atoms with Crippen molar-refractivity contribution in [1.82, 2.24) is 4.90 Å². The van der Waals surface area contributed by atoms with E-state index in [0.717, 1.165) is 32.4 Å². The molecule has 2 rings (SSSR count). The Balaban J connectivity index is 1.85. The minimum Gasteiger partial charge on any atom is -0.391 e. The summed E-state index contributed by atoms with van der Waals surface area (Å²) in [6.07, 6.45) is 4.15. The first-order valence-corrected chi connectivity index (χ1v) is 4.87. The lowest BCUT2D eigenvalue weighted by Crippen LogP contribution is -2.59. The van der Waals surface area contributed by atoms with E-state index in [1.807, 2.05) is 0 Å². The number of aliphatic hydroxyl groups is 2. The normalized spacial score (nSPS) is 39.5. The smallest absolute Gasteiger partial charge is 0.0794 e. The number of hydrogen-bond donors (Lipinski definition) is 2. The summed E-state index contributed by atoms with van der Waals surface area (Å²) < 4.78 is 0. The highest BCUT2D eigenvalue weighted by Gasteiger charge is 2.35. The van der Waals surface area contributed by atoms with Gasteiger partial charge in [-0.3, -0.25) is 4.90 Å². The number of likely N-dealkylation sites (tertiary alicyclic amines) is 1. The molecule has 2 atom stereocenters. The summed E-state index contributed by atoms with van der Waals surface area (Å²) in [5.74, 6) is 0. The molecule has 2 N–H and O–H groups in total. The maximum Gasteiger partial charge on any atom is 0.0794 e. The van der Waals surface area contributed by atoms with Crippen LogP contribution in [0, 0.1) is 0 Å². The summed E-state index contributed by atoms with van der Waals surface area (Å²) in [5, 5.41) is 18.8. The standard InChI is InChI=1S/C9H17NO2/c11-7-5-10(6-7)8-3-1-2-4-9(8)12/h7-9,11-12H,1-6H2/t8-,9-/m0/s1. The molecule has 2 fully saturated rings. The van der Waals surface area contributed by atoms with Gasteiger partial charge in [0.25, 0.3) is 0 Å². The molecule has 0 bridgehead atoms. The quantitative estimate of drug-likeness (QED) is 0.582. The third-order valence-corrected chi connectivity index (χ3v) is 3.05. The van der Waals surface area contributed by atoms with Crippen molar-refractivity contribution < 1.29 is 10.2 Å². The molecule has 3 nitrogen and oxygen atoms in total. The van der Waals surface area contributed by atoms with Gasteiger partial charge < -0.3 is 10.2 Å². The van der Waals surface area contributed by atoms with Gasteiger partial charge in [0.05, 0.1) is 12.2 Å². The monoisotopic (exact) mass is 171 g/mol. The molecule has 2 aliphatic rings. The lowest BCUT2D eigenvalue weighted by atomic mass is 9.89. The van der Waals surface area contributed by atoms with Gasteiger partial charge in [0, 0.05) is 19.1 Å². The molecule has 0 aromatic carbocycles. The third kappa shape index (κ3) is 1.49. The van der Waals surface area contributed by atoms with E-state index in [1.54, 1.807) is 0 Å². The largest absolute Gasteiger partial charge is 0.391 e. The van der Waals surface area contributed by atoms with Gasteiger partial charge >= 0.3 is 0 Å². The van der Waals surface area contributed by atoms with Gasteiger partial charge in [-0.1, -0.05) is 12.8 Å². The summed E-state index contributed by atoms with van der Waals surface area (Å²) in [7, 11) is 0. The average molecular weight is 171 g/mol. The van der Waals surface area contributed by atoms with E-state index in [1.165, 1.54) is 6.42 Å². The zero-order valence-corrected chi connectivity index (χ0v) is 7.32. The molecule has 0 aromatic heterocycles. The predicted octanol–water partition coefficient (Wildman–Crippen LogP) is -0.0336. The van der Waals surface area contributed by atoms with Gasteiger partial charge in [-0.15, -0.1) is 0 Å². The van der Waals surface area contributed by atoms with Crippen molar-refractivity contribution in [2.75, 3.05) is 13.1 Å². The van der Waals surface area contributed by atoms with Gasteiger partial charge in [-0.2, -0.15) is 0 Å². The van der Waals surface area contributed by atoms with Gasteiger partial charge in [-0.05, 0) is 12.8 Å². The summed E-state index contributed by atoms with van der Waals surface area (Å²) in [5.41, 5.74) is 0. The number of aliphatic hydroxyl groups excluding tert-OH is 2. The SMILES string of the molecule is OC1CN([C@H]2CCCC[C@@H]2O)C1. The van der Waals surface area contributed by atoms with Crippen LogP contribution < -0.4 is 0 Å². The van der Waals surface area contributed by atoms with Gasteiger partial charge in [0.15, 0.2) is 0 Å². The van der Waals surface area contributed by atoms with E-state index >= 15 is 0 Å². The van der Waals surface area contributed by atoms with Gasteiger partial charge in [0.2, 0.25) is 0 Å². The highest BCUT2D eigenvalue weighted by molar-refractivity contribution is 4.90. The summed E-state index contributed by atoms with van der Waals surface area (Å²) in [4.78, 5) is 2.20. The van der Waals surface area contributed by atoms with Crippen molar-refractivity contribution in [2.45, 2.75) is 43.9 Å². The average Bonchev–Trinajstić information content (AvgIpc) is 2.01. The van der Waals surface area contributed by atoms with Crippen LogP contribution in [0.4, 0.5) is 0 Å². The molecule has 1 heterocycles. The molecule has 0 amide bonds. The summed E-state index contributed by atoms with van der Waals surface area (Å²) in [6.45, 7) is 1.53. The first-order valence-electron chi connectivity index (χ1n) is 4.87. The predicted molar refractivity (Wildman–Crippen MR) is 45.8 cm³/mol. The second-order valence-electron chi connectivity index (χ2n) is 4.03. The second-order valence-corrected chi connectivity index (χ2v) is 4.03. The van der Waals surface area contributed by atoms with Crippen molar-refractivity contribution in [3.8, 4) is 0 Å². The molecule has 1 saturated carbocycles. The molecule has 0 unspecified atom stereocenters. The van der Waals surface area contributed by atoms with Crippen molar-refractivity contribution in [2.24, 2.45) is 0 Å². The van der Waals surface area contributed by atoms with Crippen LogP contribution in [-0.4, -0.2) is 46.5 Å². The Morgan fingerprint density at radius 2 is 1.67 bits per heavy atom. The van der Waals surface area contributed by atoms with Crippen LogP contribution in [-0.2, 0) is 0 Å². The maximum absolute atomic E-state index is 9.67. The van der Waals surface area contributed by atoms with E-state index < -0.39 is 0 Å². The van der Waals surface area contributed by atoms with Crippen LogP contribution >= 0.6 is 0 Å². The Bertz CT molecular complexity index is 157. The second kappa shape index (κ2) is 3.32. The number of rotatable bonds is 1. The van der Waals surface area contributed by atoms with Crippen LogP contribution in [0.25, 0.3) is 0 Å². The molecular weight excluding hydrogens is 154 g/mol. The maximum atomic E-state index is 9.67. The number of nitrogens with zero attached hydrogens (tertiary/aromatic N) is 1. The van der Waals surface area contributed by atoms with Crippen LogP contribution in [0.15, 0.2) is 0 Å².